The lowest BCUT2D eigenvalue weighted by Gasteiger charge is -2.00. The van der Waals surface area contributed by atoms with Gasteiger partial charge in [0.25, 0.3) is 0 Å². The molecule has 0 saturated carbocycles. The van der Waals surface area contributed by atoms with Gasteiger partial charge in [-0.05, 0) is 36.4 Å². The molecule has 3 aromatic rings. The predicted molar refractivity (Wildman–Crippen MR) is 86.4 cm³/mol. The van der Waals surface area contributed by atoms with E-state index >= 15 is 0 Å². The predicted octanol–water partition coefficient (Wildman–Crippen LogP) is 5.06. The number of benzene rings is 2. The molecule has 21 heavy (non-hydrogen) atoms. The van der Waals surface area contributed by atoms with Gasteiger partial charge in [0.1, 0.15) is 5.01 Å². The zero-order valence-corrected chi connectivity index (χ0v) is 13.2. The largest absolute Gasteiger partial charge is 0.465 e. The van der Waals surface area contributed by atoms with Crippen molar-refractivity contribution in [3.05, 3.63) is 52.0 Å². The molecule has 3 nitrogen and oxygen atoms in total. The molecule has 0 amide bonds. The normalized spacial score (nSPS) is 10.8. The highest BCUT2D eigenvalue weighted by Crippen LogP contribution is 2.36. The molecule has 0 bridgehead atoms. The second-order valence-electron chi connectivity index (χ2n) is 4.32. The van der Waals surface area contributed by atoms with Crippen LogP contribution in [0.15, 0.2) is 36.4 Å². The van der Waals surface area contributed by atoms with Crippen molar-refractivity contribution in [1.82, 2.24) is 4.98 Å². The second kappa shape index (κ2) is 5.64. The lowest BCUT2D eigenvalue weighted by atomic mass is 10.2. The molecule has 0 saturated heterocycles. The highest BCUT2D eigenvalue weighted by Gasteiger charge is 2.13. The van der Waals surface area contributed by atoms with Crippen LogP contribution in [-0.2, 0) is 4.74 Å². The minimum atomic E-state index is -0.368. The molecule has 1 aromatic heterocycles. The van der Waals surface area contributed by atoms with Crippen LogP contribution >= 0.6 is 34.5 Å². The van der Waals surface area contributed by atoms with Crippen LogP contribution in [-0.4, -0.2) is 18.1 Å². The highest BCUT2D eigenvalue weighted by atomic mass is 35.5. The Morgan fingerprint density at radius 2 is 2.00 bits per heavy atom. The van der Waals surface area contributed by atoms with Crippen molar-refractivity contribution in [2.45, 2.75) is 0 Å². The molecule has 106 valence electrons. The maximum Gasteiger partial charge on any atom is 0.337 e. The molecule has 0 aliphatic carbocycles. The Morgan fingerprint density at radius 3 is 2.76 bits per heavy atom. The fourth-order valence-electron chi connectivity index (χ4n) is 1.95. The maximum absolute atomic E-state index is 11.6. The smallest absolute Gasteiger partial charge is 0.337 e. The molecule has 0 unspecified atom stereocenters. The summed E-state index contributed by atoms with van der Waals surface area (Å²) in [5.74, 6) is -0.368. The lowest BCUT2D eigenvalue weighted by molar-refractivity contribution is 0.0601. The van der Waals surface area contributed by atoms with Gasteiger partial charge in [0.15, 0.2) is 0 Å². The van der Waals surface area contributed by atoms with Crippen LogP contribution in [0.25, 0.3) is 20.8 Å². The maximum atomic E-state index is 11.6. The fraction of sp³-hybridized carbons (Fsp3) is 0.0667. The first-order valence-electron chi connectivity index (χ1n) is 6.03. The summed E-state index contributed by atoms with van der Waals surface area (Å²) in [6.45, 7) is 0. The van der Waals surface area contributed by atoms with Gasteiger partial charge in [0, 0.05) is 10.6 Å². The first-order chi connectivity index (χ1) is 10.1. The summed E-state index contributed by atoms with van der Waals surface area (Å²) in [6.07, 6.45) is 0. The SMILES string of the molecule is COC(=O)c1ccc2nc(-c3cc(Cl)ccc3Cl)sc2c1. The number of fused-ring (bicyclic) bond motifs is 1. The van der Waals surface area contributed by atoms with E-state index in [2.05, 4.69) is 4.98 Å². The third-order valence-corrected chi connectivity index (χ3v) is 4.58. The first-order valence-corrected chi connectivity index (χ1v) is 7.60. The quantitative estimate of drug-likeness (QED) is 0.613. The van der Waals surface area contributed by atoms with E-state index in [-0.39, 0.29) is 5.97 Å². The topological polar surface area (TPSA) is 39.2 Å². The van der Waals surface area contributed by atoms with Gasteiger partial charge < -0.3 is 4.74 Å². The molecule has 1 heterocycles. The number of hydrogen-bond donors (Lipinski definition) is 0. The number of hydrogen-bond acceptors (Lipinski definition) is 4. The van der Waals surface area contributed by atoms with Gasteiger partial charge in [-0.2, -0.15) is 0 Å². The number of aromatic nitrogens is 1. The number of methoxy groups -OCH3 is 1. The minimum absolute atomic E-state index is 0.368. The Labute approximate surface area is 135 Å². The van der Waals surface area contributed by atoms with Crippen molar-refractivity contribution in [3.63, 3.8) is 0 Å². The van der Waals surface area contributed by atoms with Gasteiger partial charge in [-0.15, -0.1) is 11.3 Å². The summed E-state index contributed by atoms with van der Waals surface area (Å²) in [7, 11) is 1.36. The average molecular weight is 338 g/mol. The van der Waals surface area contributed by atoms with Crippen LogP contribution in [0.5, 0.6) is 0 Å². The van der Waals surface area contributed by atoms with Gasteiger partial charge in [0.05, 0.1) is 27.9 Å². The van der Waals surface area contributed by atoms with Crippen LogP contribution in [0.1, 0.15) is 10.4 Å². The summed E-state index contributed by atoms with van der Waals surface area (Å²) in [6, 6.07) is 10.5. The van der Waals surface area contributed by atoms with E-state index in [0.29, 0.717) is 15.6 Å². The van der Waals surface area contributed by atoms with E-state index in [0.717, 1.165) is 20.8 Å². The molecule has 0 spiro atoms. The summed E-state index contributed by atoms with van der Waals surface area (Å²) in [5, 5.41) is 1.95. The van der Waals surface area contributed by atoms with Gasteiger partial charge in [-0.3, -0.25) is 0 Å². The Morgan fingerprint density at radius 1 is 1.19 bits per heavy atom. The molecule has 0 fully saturated rings. The molecule has 0 aliphatic rings. The molecule has 3 rings (SSSR count). The summed E-state index contributed by atoms with van der Waals surface area (Å²) < 4.78 is 5.61. The zero-order valence-electron chi connectivity index (χ0n) is 10.9. The van der Waals surface area contributed by atoms with E-state index in [1.165, 1.54) is 18.4 Å². The fourth-order valence-corrected chi connectivity index (χ4v) is 3.42. The number of rotatable bonds is 2. The summed E-state index contributed by atoms with van der Waals surface area (Å²) in [5.41, 5.74) is 2.08. The summed E-state index contributed by atoms with van der Waals surface area (Å²) in [4.78, 5) is 16.1. The van der Waals surface area contributed by atoms with Gasteiger partial charge in [-0.1, -0.05) is 23.2 Å². The molecule has 0 N–H and O–H groups in total. The molecule has 0 aliphatic heterocycles. The number of nitrogens with zero attached hydrogens (tertiary/aromatic N) is 1. The van der Waals surface area contributed by atoms with Crippen molar-refractivity contribution >= 4 is 50.7 Å². The van der Waals surface area contributed by atoms with Gasteiger partial charge in [0.2, 0.25) is 0 Å². The number of ether oxygens (including phenoxy) is 1. The van der Waals surface area contributed by atoms with Crippen LogP contribution in [0.3, 0.4) is 0 Å². The highest BCUT2D eigenvalue weighted by molar-refractivity contribution is 7.21. The molecule has 0 radical (unpaired) electrons. The van der Waals surface area contributed by atoms with Crippen molar-refractivity contribution in [2.24, 2.45) is 0 Å². The van der Waals surface area contributed by atoms with Gasteiger partial charge in [-0.25, -0.2) is 9.78 Å². The Kier molecular flexibility index (Phi) is 3.85. The molecular weight excluding hydrogens is 329 g/mol. The minimum Gasteiger partial charge on any atom is -0.465 e. The number of halogens is 2. The van der Waals surface area contributed by atoms with Crippen molar-refractivity contribution in [2.75, 3.05) is 7.11 Å². The van der Waals surface area contributed by atoms with Crippen LogP contribution in [0.2, 0.25) is 10.0 Å². The van der Waals surface area contributed by atoms with Crippen molar-refractivity contribution < 1.29 is 9.53 Å². The number of thiazole rings is 1. The third-order valence-electron chi connectivity index (χ3n) is 2.97. The number of esters is 1. The van der Waals surface area contributed by atoms with Crippen LogP contribution in [0, 0.1) is 0 Å². The van der Waals surface area contributed by atoms with E-state index in [1.54, 1.807) is 36.4 Å². The molecular formula is C15H9Cl2NO2S. The van der Waals surface area contributed by atoms with E-state index < -0.39 is 0 Å². The third kappa shape index (κ3) is 2.75. The molecule has 2 aromatic carbocycles. The van der Waals surface area contributed by atoms with E-state index in [1.807, 2.05) is 0 Å². The standard InChI is InChI=1S/C15H9Cl2NO2S/c1-20-15(19)8-2-5-12-13(6-8)21-14(18-12)10-7-9(16)3-4-11(10)17/h2-7H,1H3. The van der Waals surface area contributed by atoms with Gasteiger partial charge >= 0.3 is 5.97 Å². The number of carbonyl (C=O) groups excluding carboxylic acids is 1. The monoisotopic (exact) mass is 337 g/mol. The Hall–Kier alpha value is -1.62. The lowest BCUT2D eigenvalue weighted by Crippen LogP contribution is -1.99. The van der Waals surface area contributed by atoms with Crippen LogP contribution in [0.4, 0.5) is 0 Å². The molecule has 0 atom stereocenters. The average Bonchev–Trinajstić information content (AvgIpc) is 2.91. The second-order valence-corrected chi connectivity index (χ2v) is 6.19. The Bertz CT molecular complexity index is 845. The van der Waals surface area contributed by atoms with Crippen molar-refractivity contribution in [1.29, 1.82) is 0 Å². The Balaban J connectivity index is 2.13. The van der Waals surface area contributed by atoms with E-state index in [9.17, 15) is 4.79 Å². The molecule has 6 heteroatoms. The first kappa shape index (κ1) is 14.3. The number of carbonyl (C=O) groups is 1. The van der Waals surface area contributed by atoms with Crippen LogP contribution < -0.4 is 0 Å². The zero-order chi connectivity index (χ0) is 15.0. The van der Waals surface area contributed by atoms with Crippen molar-refractivity contribution in [3.8, 4) is 10.6 Å². The summed E-state index contributed by atoms with van der Waals surface area (Å²) >= 11 is 13.7. The van der Waals surface area contributed by atoms with E-state index in [4.69, 9.17) is 27.9 Å².